The summed E-state index contributed by atoms with van der Waals surface area (Å²) in [6.45, 7) is 3.60. The largest absolute Gasteiger partial charge is 0.342 e. The van der Waals surface area contributed by atoms with Crippen molar-refractivity contribution in [2.75, 3.05) is 0 Å². The molecule has 0 aliphatic heterocycles. The van der Waals surface area contributed by atoms with Crippen molar-refractivity contribution in [2.45, 2.75) is 45.6 Å². The highest BCUT2D eigenvalue weighted by atomic mass is 16.2. The summed E-state index contributed by atoms with van der Waals surface area (Å²) >= 11 is 0. The van der Waals surface area contributed by atoms with Crippen LogP contribution in [-0.2, 0) is 0 Å². The standard InChI is InChI=1S/C31H28N6O2/c1-20-26(29-32-18-9-19-36(29)35-20)30(38)33-21(2)28-34-25-15-8-12-23(17-16-22-10-6-7-11-22)27(25)31(39)37(28)24-13-4-3-5-14-24/h3-5,8-9,12-15,18-19,21-22H,6-7,10-11H2,1-2H3,(H,33,38)/t21-/m0/s1. The number of carbonyl (C=O) groups is 1. The molecule has 6 rings (SSSR count). The van der Waals surface area contributed by atoms with Crippen LogP contribution >= 0.6 is 0 Å². The van der Waals surface area contributed by atoms with Crippen LogP contribution in [0, 0.1) is 24.7 Å². The molecule has 1 saturated carbocycles. The van der Waals surface area contributed by atoms with Gasteiger partial charge in [0.25, 0.3) is 11.5 Å². The number of hydrogen-bond acceptors (Lipinski definition) is 5. The van der Waals surface area contributed by atoms with Crippen LogP contribution in [0.25, 0.3) is 22.2 Å². The van der Waals surface area contributed by atoms with Gasteiger partial charge in [-0.3, -0.25) is 14.2 Å². The van der Waals surface area contributed by atoms with E-state index < -0.39 is 6.04 Å². The lowest BCUT2D eigenvalue weighted by Crippen LogP contribution is -2.33. The first kappa shape index (κ1) is 24.6. The number of benzene rings is 2. The fourth-order valence-electron chi connectivity index (χ4n) is 5.31. The first-order chi connectivity index (χ1) is 19.0. The fourth-order valence-corrected chi connectivity index (χ4v) is 5.31. The van der Waals surface area contributed by atoms with E-state index in [1.54, 1.807) is 34.5 Å². The highest BCUT2D eigenvalue weighted by molar-refractivity contribution is 6.01. The van der Waals surface area contributed by atoms with Crippen LogP contribution < -0.4 is 10.9 Å². The van der Waals surface area contributed by atoms with Crippen LogP contribution in [0.2, 0.25) is 0 Å². The van der Waals surface area contributed by atoms with E-state index in [2.05, 4.69) is 27.2 Å². The second-order valence-electron chi connectivity index (χ2n) is 9.94. The van der Waals surface area contributed by atoms with E-state index >= 15 is 0 Å². The molecule has 1 aliphatic rings. The lowest BCUT2D eigenvalue weighted by molar-refractivity contribution is 0.0938. The molecule has 0 bridgehead atoms. The minimum atomic E-state index is -0.596. The Kier molecular flexibility index (Phi) is 6.41. The van der Waals surface area contributed by atoms with Crippen molar-refractivity contribution >= 4 is 22.5 Å². The number of rotatable bonds is 4. The van der Waals surface area contributed by atoms with Crippen molar-refractivity contribution < 1.29 is 4.79 Å². The summed E-state index contributed by atoms with van der Waals surface area (Å²) in [7, 11) is 0. The van der Waals surface area contributed by atoms with Gasteiger partial charge in [0.2, 0.25) is 0 Å². The number of aryl methyl sites for hydroxylation is 1. The predicted molar refractivity (Wildman–Crippen MR) is 150 cm³/mol. The van der Waals surface area contributed by atoms with Gasteiger partial charge < -0.3 is 5.32 Å². The molecule has 8 heteroatoms. The first-order valence-electron chi connectivity index (χ1n) is 13.2. The molecule has 0 unspecified atom stereocenters. The minimum absolute atomic E-state index is 0.215. The number of nitrogens with zero attached hydrogens (tertiary/aromatic N) is 5. The summed E-state index contributed by atoms with van der Waals surface area (Å²) in [6, 6.07) is 16.1. The second kappa shape index (κ2) is 10.2. The molecule has 0 spiro atoms. The first-order valence-corrected chi connectivity index (χ1v) is 13.2. The maximum Gasteiger partial charge on any atom is 0.267 e. The summed E-state index contributed by atoms with van der Waals surface area (Å²) in [4.78, 5) is 36.8. The van der Waals surface area contributed by atoms with E-state index in [4.69, 9.17) is 4.98 Å². The molecule has 1 amide bonds. The van der Waals surface area contributed by atoms with Crippen molar-refractivity contribution in [3.8, 4) is 17.5 Å². The molecule has 1 atom stereocenters. The highest BCUT2D eigenvalue weighted by Crippen LogP contribution is 2.25. The molecule has 1 aliphatic carbocycles. The van der Waals surface area contributed by atoms with Gasteiger partial charge in [0, 0.05) is 23.9 Å². The van der Waals surface area contributed by atoms with E-state index in [-0.39, 0.29) is 11.5 Å². The summed E-state index contributed by atoms with van der Waals surface area (Å²) in [6.07, 6.45) is 7.99. The van der Waals surface area contributed by atoms with E-state index in [1.807, 2.05) is 55.5 Å². The van der Waals surface area contributed by atoms with E-state index in [0.29, 0.717) is 50.8 Å². The molecule has 2 aromatic carbocycles. The molecular formula is C31H28N6O2. The van der Waals surface area contributed by atoms with Gasteiger partial charge in [0.15, 0.2) is 5.65 Å². The van der Waals surface area contributed by atoms with Gasteiger partial charge in [-0.25, -0.2) is 14.5 Å². The third kappa shape index (κ3) is 4.57. The summed E-state index contributed by atoms with van der Waals surface area (Å²) < 4.78 is 3.16. The molecule has 39 heavy (non-hydrogen) atoms. The Bertz CT molecular complexity index is 1820. The van der Waals surface area contributed by atoms with Gasteiger partial charge in [-0.1, -0.05) is 48.9 Å². The van der Waals surface area contributed by atoms with Crippen LogP contribution in [0.5, 0.6) is 0 Å². The molecule has 0 radical (unpaired) electrons. The number of amides is 1. The zero-order valence-electron chi connectivity index (χ0n) is 21.9. The fraction of sp³-hybridized carbons (Fsp3) is 0.258. The number of aromatic nitrogens is 5. The van der Waals surface area contributed by atoms with Crippen molar-refractivity contribution in [1.29, 1.82) is 0 Å². The van der Waals surface area contributed by atoms with E-state index in [1.165, 1.54) is 12.8 Å². The lowest BCUT2D eigenvalue weighted by atomic mass is 10.1. The molecule has 3 heterocycles. The molecule has 1 fully saturated rings. The zero-order chi connectivity index (χ0) is 26.9. The van der Waals surface area contributed by atoms with Crippen LogP contribution in [-0.4, -0.2) is 30.1 Å². The van der Waals surface area contributed by atoms with Gasteiger partial charge in [-0.15, -0.1) is 0 Å². The Labute approximate surface area is 225 Å². The normalized spacial score (nSPS) is 14.3. The van der Waals surface area contributed by atoms with Crippen LogP contribution in [0.15, 0.2) is 71.8 Å². The smallest absolute Gasteiger partial charge is 0.267 e. The Morgan fingerprint density at radius 1 is 1.08 bits per heavy atom. The van der Waals surface area contributed by atoms with Gasteiger partial charge in [-0.2, -0.15) is 5.10 Å². The third-order valence-corrected chi connectivity index (χ3v) is 7.24. The van der Waals surface area contributed by atoms with Crippen molar-refractivity contribution in [2.24, 2.45) is 5.92 Å². The Hall–Kier alpha value is -4.77. The number of hydrogen-bond donors (Lipinski definition) is 1. The maximum absolute atomic E-state index is 14.1. The van der Waals surface area contributed by atoms with Gasteiger partial charge in [-0.05, 0) is 57.0 Å². The minimum Gasteiger partial charge on any atom is -0.342 e. The topological polar surface area (TPSA) is 94.2 Å². The quantitative estimate of drug-likeness (QED) is 0.347. The van der Waals surface area contributed by atoms with Crippen LogP contribution in [0.1, 0.15) is 66.1 Å². The summed E-state index contributed by atoms with van der Waals surface area (Å²) in [5, 5.41) is 7.91. The summed E-state index contributed by atoms with van der Waals surface area (Å²) in [5.41, 5.74) is 3.11. The molecule has 5 aromatic rings. The number of nitrogens with one attached hydrogen (secondary N) is 1. The van der Waals surface area contributed by atoms with Gasteiger partial charge in [0.1, 0.15) is 11.4 Å². The van der Waals surface area contributed by atoms with Gasteiger partial charge in [0.05, 0.1) is 28.3 Å². The van der Waals surface area contributed by atoms with Crippen molar-refractivity contribution in [3.63, 3.8) is 0 Å². The van der Waals surface area contributed by atoms with Crippen molar-refractivity contribution in [1.82, 2.24) is 29.5 Å². The van der Waals surface area contributed by atoms with Gasteiger partial charge >= 0.3 is 0 Å². The summed E-state index contributed by atoms with van der Waals surface area (Å²) in [5.74, 6) is 7.12. The number of fused-ring (bicyclic) bond motifs is 2. The molecule has 194 valence electrons. The average molecular weight is 517 g/mol. The highest BCUT2D eigenvalue weighted by Gasteiger charge is 2.24. The molecule has 1 N–H and O–H groups in total. The zero-order valence-corrected chi connectivity index (χ0v) is 21.9. The van der Waals surface area contributed by atoms with E-state index in [0.717, 1.165) is 12.8 Å². The van der Waals surface area contributed by atoms with Crippen LogP contribution in [0.4, 0.5) is 0 Å². The molecule has 0 saturated heterocycles. The monoisotopic (exact) mass is 516 g/mol. The molecule has 3 aromatic heterocycles. The predicted octanol–water partition coefficient (Wildman–Crippen LogP) is 4.77. The lowest BCUT2D eigenvalue weighted by Gasteiger charge is -2.20. The van der Waals surface area contributed by atoms with E-state index in [9.17, 15) is 9.59 Å². The van der Waals surface area contributed by atoms with Crippen LogP contribution in [0.3, 0.4) is 0 Å². The Morgan fingerprint density at radius 3 is 2.67 bits per heavy atom. The maximum atomic E-state index is 14.1. The Balaban J connectivity index is 1.46. The number of para-hydroxylation sites is 1. The SMILES string of the molecule is Cc1nn2cccnc2c1C(=O)N[C@@H](C)c1nc2cccc(C#CC3CCCC3)c2c(=O)n1-c1ccccc1. The Morgan fingerprint density at radius 2 is 1.87 bits per heavy atom. The van der Waals surface area contributed by atoms with Crippen molar-refractivity contribution in [3.05, 3.63) is 100.0 Å². The second-order valence-corrected chi connectivity index (χ2v) is 9.94. The average Bonchev–Trinajstić information content (AvgIpc) is 3.59. The third-order valence-electron chi connectivity index (χ3n) is 7.24. The molecular weight excluding hydrogens is 488 g/mol. The molecule has 8 nitrogen and oxygen atoms in total. The number of carbonyl (C=O) groups excluding carboxylic acids is 1.